The Bertz CT molecular complexity index is 520. The van der Waals surface area contributed by atoms with E-state index < -0.39 is 10.0 Å². The van der Waals surface area contributed by atoms with Gasteiger partial charge in [-0.3, -0.25) is 0 Å². The predicted molar refractivity (Wildman–Crippen MR) is 82.1 cm³/mol. The van der Waals surface area contributed by atoms with Crippen molar-refractivity contribution < 1.29 is 8.42 Å². The lowest BCUT2D eigenvalue weighted by atomic mass is 10.2. The van der Waals surface area contributed by atoms with E-state index in [9.17, 15) is 8.42 Å². The van der Waals surface area contributed by atoms with E-state index in [0.717, 1.165) is 19.6 Å². The highest BCUT2D eigenvalue weighted by atomic mass is 79.9. The number of hydrogen-bond acceptors (Lipinski definition) is 4. The molecule has 0 amide bonds. The van der Waals surface area contributed by atoms with E-state index in [1.807, 2.05) is 0 Å². The first-order valence-electron chi connectivity index (χ1n) is 6.36. The fourth-order valence-corrected chi connectivity index (χ4v) is 6.12. The summed E-state index contributed by atoms with van der Waals surface area (Å²) in [6, 6.07) is 1.78. The average Bonchev–Trinajstić information content (AvgIpc) is 2.76. The number of hydrogen-bond donors (Lipinski definition) is 0. The van der Waals surface area contributed by atoms with Gasteiger partial charge in [-0.25, -0.2) is 8.42 Å². The van der Waals surface area contributed by atoms with E-state index in [4.69, 9.17) is 0 Å². The molecule has 19 heavy (non-hydrogen) atoms. The highest BCUT2D eigenvalue weighted by Gasteiger charge is 2.30. The summed E-state index contributed by atoms with van der Waals surface area (Å²) in [7, 11) is -3.32. The van der Waals surface area contributed by atoms with Gasteiger partial charge in [0.05, 0.1) is 0 Å². The van der Waals surface area contributed by atoms with Gasteiger partial charge in [0.1, 0.15) is 4.21 Å². The van der Waals surface area contributed by atoms with Crippen LogP contribution in [0.2, 0.25) is 0 Å². The van der Waals surface area contributed by atoms with Crippen LogP contribution in [-0.2, 0) is 10.0 Å². The Morgan fingerprint density at radius 3 is 2.42 bits per heavy atom. The van der Waals surface area contributed by atoms with Gasteiger partial charge in [0.15, 0.2) is 0 Å². The van der Waals surface area contributed by atoms with E-state index >= 15 is 0 Å². The maximum atomic E-state index is 12.5. The number of halogens is 1. The van der Waals surface area contributed by atoms with Crippen LogP contribution in [0.3, 0.4) is 0 Å². The second-order valence-electron chi connectivity index (χ2n) is 5.15. The van der Waals surface area contributed by atoms with E-state index in [1.54, 1.807) is 15.8 Å². The minimum Gasteiger partial charge on any atom is -0.300 e. The average molecular weight is 367 g/mol. The molecule has 1 aromatic rings. The van der Waals surface area contributed by atoms with Gasteiger partial charge in [0.25, 0.3) is 10.0 Å². The van der Waals surface area contributed by atoms with Gasteiger partial charge >= 0.3 is 0 Å². The quantitative estimate of drug-likeness (QED) is 0.821. The zero-order valence-electron chi connectivity index (χ0n) is 11.2. The van der Waals surface area contributed by atoms with Crippen LogP contribution in [0.4, 0.5) is 0 Å². The third kappa shape index (κ3) is 3.58. The van der Waals surface area contributed by atoms with Crippen LogP contribution < -0.4 is 0 Å². The van der Waals surface area contributed by atoms with Crippen molar-refractivity contribution in [3.8, 4) is 0 Å². The van der Waals surface area contributed by atoms with E-state index in [-0.39, 0.29) is 0 Å². The van der Waals surface area contributed by atoms with Gasteiger partial charge in [0.2, 0.25) is 0 Å². The molecule has 108 valence electrons. The summed E-state index contributed by atoms with van der Waals surface area (Å²) in [4.78, 5) is 2.33. The van der Waals surface area contributed by atoms with Crippen LogP contribution in [0.5, 0.6) is 0 Å². The summed E-state index contributed by atoms with van der Waals surface area (Å²) < 4.78 is 27.7. The number of thiophene rings is 1. The Morgan fingerprint density at radius 1 is 1.32 bits per heavy atom. The van der Waals surface area contributed by atoms with Crippen molar-refractivity contribution in [2.75, 3.05) is 32.7 Å². The molecular formula is C12H19BrN2O2S2. The van der Waals surface area contributed by atoms with Crippen molar-refractivity contribution >= 4 is 37.3 Å². The summed E-state index contributed by atoms with van der Waals surface area (Å²) in [5.41, 5.74) is 0. The molecule has 1 aliphatic heterocycles. The largest absolute Gasteiger partial charge is 0.300 e. The van der Waals surface area contributed by atoms with Gasteiger partial charge in [-0.15, -0.1) is 11.3 Å². The molecule has 0 aromatic carbocycles. The predicted octanol–water partition coefficient (Wildman–Crippen LogP) is 2.47. The molecule has 1 saturated heterocycles. The molecule has 0 radical (unpaired) electrons. The van der Waals surface area contributed by atoms with E-state index in [1.165, 1.54) is 11.3 Å². The number of piperazine rings is 1. The van der Waals surface area contributed by atoms with Crippen molar-refractivity contribution in [1.29, 1.82) is 0 Å². The number of nitrogens with zero attached hydrogens (tertiary/aromatic N) is 2. The van der Waals surface area contributed by atoms with E-state index in [2.05, 4.69) is 34.7 Å². The van der Waals surface area contributed by atoms with Crippen LogP contribution in [0, 0.1) is 5.92 Å². The molecule has 4 nitrogen and oxygen atoms in total. The molecule has 0 unspecified atom stereocenters. The van der Waals surface area contributed by atoms with Crippen molar-refractivity contribution in [3.63, 3.8) is 0 Å². The standard InChI is InChI=1S/C12H19BrN2O2S2/c1-10(2)9-14-4-6-15(7-5-14)19(16,17)12-11(13)3-8-18-12/h3,8,10H,4-7,9H2,1-2H3. The third-order valence-corrected chi connectivity index (χ3v) is 7.66. The summed E-state index contributed by atoms with van der Waals surface area (Å²) in [6.45, 7) is 8.22. The molecule has 2 heterocycles. The zero-order valence-corrected chi connectivity index (χ0v) is 14.4. The molecule has 0 atom stereocenters. The van der Waals surface area contributed by atoms with Crippen LogP contribution in [-0.4, -0.2) is 50.3 Å². The Balaban J connectivity index is 2.04. The topological polar surface area (TPSA) is 40.6 Å². The minimum absolute atomic E-state index is 0.421. The fourth-order valence-electron chi connectivity index (χ4n) is 2.25. The van der Waals surface area contributed by atoms with Gasteiger partial charge in [-0.2, -0.15) is 4.31 Å². The molecular weight excluding hydrogens is 348 g/mol. The van der Waals surface area contributed by atoms with Gasteiger partial charge in [0, 0.05) is 37.2 Å². The van der Waals surface area contributed by atoms with Crippen molar-refractivity contribution in [3.05, 3.63) is 15.9 Å². The molecule has 1 aromatic heterocycles. The molecule has 0 aliphatic carbocycles. The maximum Gasteiger partial charge on any atom is 0.253 e. The minimum atomic E-state index is -3.32. The van der Waals surface area contributed by atoms with Crippen LogP contribution in [0.15, 0.2) is 20.1 Å². The van der Waals surface area contributed by atoms with Crippen LogP contribution >= 0.6 is 27.3 Å². The number of rotatable bonds is 4. The fraction of sp³-hybridized carbons (Fsp3) is 0.667. The Morgan fingerprint density at radius 2 is 1.95 bits per heavy atom. The summed E-state index contributed by atoms with van der Waals surface area (Å²) >= 11 is 4.58. The zero-order chi connectivity index (χ0) is 14.0. The lowest BCUT2D eigenvalue weighted by Crippen LogP contribution is -2.49. The molecule has 1 aliphatic rings. The van der Waals surface area contributed by atoms with E-state index in [0.29, 0.717) is 27.7 Å². The molecule has 0 bridgehead atoms. The highest BCUT2D eigenvalue weighted by Crippen LogP contribution is 2.30. The van der Waals surface area contributed by atoms with Crippen LogP contribution in [0.25, 0.3) is 0 Å². The van der Waals surface area contributed by atoms with Crippen LogP contribution in [0.1, 0.15) is 13.8 Å². The smallest absolute Gasteiger partial charge is 0.253 e. The van der Waals surface area contributed by atoms with Crippen molar-refractivity contribution in [2.24, 2.45) is 5.92 Å². The summed E-state index contributed by atoms with van der Waals surface area (Å²) in [5.74, 6) is 0.620. The van der Waals surface area contributed by atoms with Gasteiger partial charge in [-0.05, 0) is 33.3 Å². The van der Waals surface area contributed by atoms with Gasteiger partial charge < -0.3 is 4.90 Å². The first-order valence-corrected chi connectivity index (χ1v) is 9.48. The molecule has 1 fully saturated rings. The van der Waals surface area contributed by atoms with Gasteiger partial charge in [-0.1, -0.05) is 13.8 Å². The summed E-state index contributed by atoms with van der Waals surface area (Å²) in [6.07, 6.45) is 0. The molecule has 7 heteroatoms. The lowest BCUT2D eigenvalue weighted by Gasteiger charge is -2.34. The lowest BCUT2D eigenvalue weighted by molar-refractivity contribution is 0.172. The highest BCUT2D eigenvalue weighted by molar-refractivity contribution is 9.10. The molecule has 0 saturated carbocycles. The Hall–Kier alpha value is 0.0500. The second-order valence-corrected chi connectivity index (χ2v) is 9.06. The Labute approximate surface area is 127 Å². The monoisotopic (exact) mass is 366 g/mol. The maximum absolute atomic E-state index is 12.5. The Kier molecular flexibility index (Phi) is 5.05. The third-order valence-electron chi connectivity index (χ3n) is 3.11. The molecule has 0 spiro atoms. The first kappa shape index (κ1) is 15.4. The summed E-state index contributed by atoms with van der Waals surface area (Å²) in [5, 5.41) is 1.80. The number of sulfonamides is 1. The first-order chi connectivity index (χ1) is 8.91. The normalized spacial score (nSPS) is 19.2. The molecule has 0 N–H and O–H groups in total. The second kappa shape index (κ2) is 6.22. The van der Waals surface area contributed by atoms with Crippen molar-refractivity contribution in [2.45, 2.75) is 18.1 Å². The SMILES string of the molecule is CC(C)CN1CCN(S(=O)(=O)c2sccc2Br)CC1. The van der Waals surface area contributed by atoms with Crippen molar-refractivity contribution in [1.82, 2.24) is 9.21 Å². The molecule has 2 rings (SSSR count).